The molecule has 0 radical (unpaired) electrons. The largest absolute Gasteiger partial charge is 0.453 e. The summed E-state index contributed by atoms with van der Waals surface area (Å²) in [5, 5.41) is 17.0. The van der Waals surface area contributed by atoms with Crippen molar-refractivity contribution in [2.45, 2.75) is 33.6 Å². The number of guanidine groups is 1. The average Bonchev–Trinajstić information content (AvgIpc) is 3.13. The van der Waals surface area contributed by atoms with Crippen LogP contribution in [0.3, 0.4) is 0 Å². The summed E-state index contributed by atoms with van der Waals surface area (Å²) in [6.45, 7) is 5.98. The number of nitriles is 1. The topological polar surface area (TPSA) is 140 Å². The zero-order valence-corrected chi connectivity index (χ0v) is 19.3. The van der Waals surface area contributed by atoms with Crippen LogP contribution in [0.1, 0.15) is 53.3 Å². The Morgan fingerprint density at radius 3 is 2.26 bits per heavy atom. The highest BCUT2D eigenvalue weighted by atomic mass is 16.5. The van der Waals surface area contributed by atoms with Gasteiger partial charge in [0.05, 0.1) is 17.3 Å². The summed E-state index contributed by atoms with van der Waals surface area (Å²) < 4.78 is 11.6. The van der Waals surface area contributed by atoms with Crippen molar-refractivity contribution in [3.63, 3.8) is 0 Å². The minimum atomic E-state index is -0.586. The van der Waals surface area contributed by atoms with Gasteiger partial charge in [0.25, 0.3) is 0 Å². The number of hydrogen-bond donors (Lipinski definition) is 2. The van der Waals surface area contributed by atoms with Crippen LogP contribution in [0.25, 0.3) is 11.1 Å². The molecule has 1 aliphatic rings. The van der Waals surface area contributed by atoms with Crippen LogP contribution >= 0.6 is 0 Å². The van der Waals surface area contributed by atoms with E-state index in [0.29, 0.717) is 41.2 Å². The summed E-state index contributed by atoms with van der Waals surface area (Å²) in [6, 6.07) is 16.5. The predicted octanol–water partition coefficient (Wildman–Crippen LogP) is 4.30. The summed E-state index contributed by atoms with van der Waals surface area (Å²) in [5.74, 6) is 0.475. The molecule has 0 saturated carbocycles. The third-order valence-corrected chi connectivity index (χ3v) is 5.68. The molecule has 0 atom stereocenters. The molecule has 0 saturated heterocycles. The maximum Gasteiger partial charge on any atom is 0.379 e. The summed E-state index contributed by atoms with van der Waals surface area (Å²) in [7, 11) is 0. The van der Waals surface area contributed by atoms with Crippen LogP contribution < -0.4 is 16.2 Å². The highest BCUT2D eigenvalue weighted by molar-refractivity contribution is 6.06. The van der Waals surface area contributed by atoms with Gasteiger partial charge < -0.3 is 20.6 Å². The molecule has 2 aromatic carbocycles. The Kier molecular flexibility index (Phi) is 5.95. The minimum Gasteiger partial charge on any atom is -0.453 e. The lowest BCUT2D eigenvalue weighted by atomic mass is 9.75. The number of furan rings is 1. The van der Waals surface area contributed by atoms with Crippen LogP contribution in [0.2, 0.25) is 0 Å². The van der Waals surface area contributed by atoms with Gasteiger partial charge in [-0.2, -0.15) is 10.4 Å². The second kappa shape index (κ2) is 8.87. The van der Waals surface area contributed by atoms with Crippen molar-refractivity contribution in [3.8, 4) is 22.9 Å². The second-order valence-electron chi connectivity index (χ2n) is 9.05. The second-order valence-corrected chi connectivity index (χ2v) is 9.05. The molecule has 3 aromatic rings. The fraction of sp³-hybridized carbons (Fsp3) is 0.231. The molecule has 1 aromatic heterocycles. The van der Waals surface area contributed by atoms with Crippen molar-refractivity contribution in [2.24, 2.45) is 27.1 Å². The fourth-order valence-corrected chi connectivity index (χ4v) is 4.12. The number of hydrogen-bond acceptors (Lipinski definition) is 6. The van der Waals surface area contributed by atoms with Gasteiger partial charge in [0.15, 0.2) is 0 Å². The van der Waals surface area contributed by atoms with E-state index in [9.17, 15) is 4.79 Å². The van der Waals surface area contributed by atoms with Gasteiger partial charge in [0.2, 0.25) is 11.7 Å². The normalized spacial score (nSPS) is 15.3. The average molecular weight is 456 g/mol. The zero-order valence-electron chi connectivity index (χ0n) is 19.3. The number of ether oxygens (including phenoxy) is 1. The quantitative estimate of drug-likeness (QED) is 0.198. The van der Waals surface area contributed by atoms with Crippen LogP contribution in [0.4, 0.5) is 0 Å². The van der Waals surface area contributed by atoms with E-state index >= 15 is 0 Å². The Morgan fingerprint density at radius 2 is 1.68 bits per heavy atom. The number of benzene rings is 2. The molecule has 172 valence electrons. The molecule has 0 unspecified atom stereocenters. The molecule has 4 N–H and O–H groups in total. The lowest BCUT2D eigenvalue weighted by Crippen LogP contribution is -2.27. The molecule has 0 spiro atoms. The molecule has 34 heavy (non-hydrogen) atoms. The van der Waals surface area contributed by atoms with Crippen LogP contribution in [0.5, 0.6) is 5.75 Å². The van der Waals surface area contributed by atoms with E-state index < -0.39 is 5.97 Å². The van der Waals surface area contributed by atoms with Crippen LogP contribution in [-0.4, -0.2) is 17.6 Å². The van der Waals surface area contributed by atoms with Gasteiger partial charge in [-0.3, -0.25) is 0 Å². The summed E-state index contributed by atoms with van der Waals surface area (Å²) >= 11 is 0. The predicted molar refractivity (Wildman–Crippen MR) is 129 cm³/mol. The number of rotatable bonds is 4. The molecular weight excluding hydrogens is 430 g/mol. The Morgan fingerprint density at radius 1 is 1.06 bits per heavy atom. The Labute approximate surface area is 197 Å². The number of esters is 1. The standard InChI is InChI=1S/C26H25N5O3/c1-15-22-20(30-31-25(28)29)12-26(2,3)13-21(22)34-23(15)24(32)33-19-10-8-18(9-11-19)17-6-4-16(14-27)5-7-17/h4-11H,12-13H2,1-3H3,(H4,28,29,31)/b30-20-. The molecular formula is C26H25N5O3. The first-order valence-electron chi connectivity index (χ1n) is 10.8. The Bertz CT molecular complexity index is 1340. The van der Waals surface area contributed by atoms with E-state index in [0.717, 1.165) is 16.7 Å². The van der Waals surface area contributed by atoms with Crippen LogP contribution in [0, 0.1) is 23.7 Å². The van der Waals surface area contributed by atoms with Crippen molar-refractivity contribution in [1.29, 1.82) is 5.26 Å². The van der Waals surface area contributed by atoms with Crippen LogP contribution in [0.15, 0.2) is 63.2 Å². The molecule has 0 amide bonds. The molecule has 8 heteroatoms. The molecule has 1 heterocycles. The molecule has 1 aliphatic carbocycles. The number of nitrogens with zero attached hydrogens (tertiary/aromatic N) is 3. The highest BCUT2D eigenvalue weighted by Gasteiger charge is 2.36. The number of carbonyl (C=O) groups is 1. The SMILES string of the molecule is Cc1c(C(=O)Oc2ccc(-c3ccc(C#N)cc3)cc2)oc2c1/C(=N\N=C(N)N)CC(C)(C)C2. The van der Waals surface area contributed by atoms with Gasteiger partial charge in [-0.15, -0.1) is 5.10 Å². The third-order valence-electron chi connectivity index (χ3n) is 5.68. The number of nitrogens with two attached hydrogens (primary N) is 2. The van der Waals surface area contributed by atoms with Crippen molar-refractivity contribution in [1.82, 2.24) is 0 Å². The van der Waals surface area contributed by atoms with E-state index in [2.05, 4.69) is 30.1 Å². The fourth-order valence-electron chi connectivity index (χ4n) is 4.12. The lowest BCUT2D eigenvalue weighted by Gasteiger charge is -2.29. The maximum absolute atomic E-state index is 13.0. The Hall–Kier alpha value is -4.38. The van der Waals surface area contributed by atoms with E-state index in [1.54, 1.807) is 31.2 Å². The molecule has 4 rings (SSSR count). The van der Waals surface area contributed by atoms with Gasteiger partial charge in [-0.1, -0.05) is 38.1 Å². The molecule has 0 aliphatic heterocycles. The first kappa shape index (κ1) is 22.8. The third kappa shape index (κ3) is 4.69. The molecule has 0 fully saturated rings. The van der Waals surface area contributed by atoms with Crippen LogP contribution in [-0.2, 0) is 6.42 Å². The molecule has 8 nitrogen and oxygen atoms in total. The zero-order chi connectivity index (χ0) is 24.5. The highest BCUT2D eigenvalue weighted by Crippen LogP contribution is 2.39. The van der Waals surface area contributed by atoms with E-state index in [4.69, 9.17) is 25.9 Å². The summed E-state index contributed by atoms with van der Waals surface area (Å²) in [6.07, 6.45) is 1.29. The van der Waals surface area contributed by atoms with Gasteiger partial charge in [-0.25, -0.2) is 4.79 Å². The van der Waals surface area contributed by atoms with Crippen molar-refractivity contribution in [3.05, 3.63) is 76.7 Å². The minimum absolute atomic E-state index is 0.128. The maximum atomic E-state index is 13.0. The van der Waals surface area contributed by atoms with E-state index in [1.165, 1.54) is 0 Å². The first-order valence-corrected chi connectivity index (χ1v) is 10.8. The van der Waals surface area contributed by atoms with Crippen molar-refractivity contribution >= 4 is 17.6 Å². The number of fused-ring (bicyclic) bond motifs is 1. The van der Waals surface area contributed by atoms with Gasteiger partial charge >= 0.3 is 5.97 Å². The van der Waals surface area contributed by atoms with Crippen molar-refractivity contribution in [2.75, 3.05) is 0 Å². The van der Waals surface area contributed by atoms with Crippen molar-refractivity contribution < 1.29 is 13.9 Å². The monoisotopic (exact) mass is 455 g/mol. The van der Waals surface area contributed by atoms with Gasteiger partial charge in [0.1, 0.15) is 11.5 Å². The number of carbonyl (C=O) groups excluding carboxylic acids is 1. The lowest BCUT2D eigenvalue weighted by molar-refractivity contribution is 0.0697. The molecule has 0 bridgehead atoms. The smallest absolute Gasteiger partial charge is 0.379 e. The van der Waals surface area contributed by atoms with Gasteiger partial charge in [-0.05, 0) is 54.2 Å². The van der Waals surface area contributed by atoms with E-state index in [-0.39, 0.29) is 17.1 Å². The van der Waals surface area contributed by atoms with Gasteiger partial charge in [0, 0.05) is 17.5 Å². The first-order chi connectivity index (χ1) is 16.2. The Balaban J connectivity index is 1.58. The summed E-state index contributed by atoms with van der Waals surface area (Å²) in [4.78, 5) is 13.0. The van der Waals surface area contributed by atoms with E-state index in [1.807, 2.05) is 24.3 Å². The summed E-state index contributed by atoms with van der Waals surface area (Å²) in [5.41, 5.74) is 15.3.